The van der Waals surface area contributed by atoms with Crippen LogP contribution in [0.2, 0.25) is 0 Å². The van der Waals surface area contributed by atoms with Crippen LogP contribution in [0.1, 0.15) is 36.2 Å². The Labute approximate surface area is 124 Å². The molecule has 1 aliphatic rings. The molecule has 116 valence electrons. The Morgan fingerprint density at radius 3 is 2.57 bits per heavy atom. The molecule has 6 nitrogen and oxygen atoms in total. The molecule has 1 heterocycles. The van der Waals surface area contributed by atoms with Gasteiger partial charge >= 0.3 is 5.97 Å². The number of aromatic carboxylic acids is 1. The second kappa shape index (κ2) is 5.40. The molecule has 1 aromatic carbocycles. The summed E-state index contributed by atoms with van der Waals surface area (Å²) in [7, 11) is -3.80. The van der Waals surface area contributed by atoms with E-state index in [1.807, 2.05) is 6.92 Å². The Bertz CT molecular complexity index is 666. The van der Waals surface area contributed by atoms with Crippen molar-refractivity contribution in [2.45, 2.75) is 37.2 Å². The molecule has 1 saturated heterocycles. The molecule has 0 radical (unpaired) electrons. The minimum absolute atomic E-state index is 0.0163. The van der Waals surface area contributed by atoms with Gasteiger partial charge in [0.2, 0.25) is 10.0 Å². The first kappa shape index (κ1) is 15.9. The molecule has 21 heavy (non-hydrogen) atoms. The number of hydrogen-bond acceptors (Lipinski definition) is 4. The van der Waals surface area contributed by atoms with Crippen molar-refractivity contribution >= 4 is 16.0 Å². The number of nitrogens with zero attached hydrogens (tertiary/aromatic N) is 1. The van der Waals surface area contributed by atoms with Gasteiger partial charge in [0.1, 0.15) is 0 Å². The highest BCUT2D eigenvalue weighted by Gasteiger charge is 2.39. The van der Waals surface area contributed by atoms with Gasteiger partial charge in [-0.05, 0) is 37.5 Å². The van der Waals surface area contributed by atoms with E-state index >= 15 is 0 Å². The molecule has 0 aliphatic carbocycles. The maximum Gasteiger partial charge on any atom is 0.335 e. The van der Waals surface area contributed by atoms with Gasteiger partial charge < -0.3 is 10.2 Å². The number of β-amino-alcohol motifs (C(OH)–C–C–N with tert-alkyl or cyclic N) is 1. The second-order valence-corrected chi connectivity index (χ2v) is 7.47. The van der Waals surface area contributed by atoms with E-state index in [2.05, 4.69) is 0 Å². The summed E-state index contributed by atoms with van der Waals surface area (Å²) in [6.07, 6.45) is 0.852. The van der Waals surface area contributed by atoms with Crippen LogP contribution < -0.4 is 0 Å². The van der Waals surface area contributed by atoms with Gasteiger partial charge in [-0.15, -0.1) is 0 Å². The summed E-state index contributed by atoms with van der Waals surface area (Å²) in [6.45, 7) is 3.66. The number of aryl methyl sites for hydroxylation is 1. The van der Waals surface area contributed by atoms with Crippen LogP contribution in [-0.4, -0.2) is 47.6 Å². The van der Waals surface area contributed by atoms with E-state index in [4.69, 9.17) is 5.11 Å². The average Bonchev–Trinajstić information content (AvgIpc) is 2.79. The highest BCUT2D eigenvalue weighted by molar-refractivity contribution is 7.89. The molecule has 1 fully saturated rings. The highest BCUT2D eigenvalue weighted by Crippen LogP contribution is 2.29. The van der Waals surface area contributed by atoms with Gasteiger partial charge in [0, 0.05) is 13.1 Å². The van der Waals surface area contributed by atoms with Crippen molar-refractivity contribution in [1.82, 2.24) is 4.31 Å². The third-order valence-corrected chi connectivity index (χ3v) is 5.66. The van der Waals surface area contributed by atoms with Gasteiger partial charge in [0.05, 0.1) is 16.1 Å². The standard InChI is InChI=1S/C14H19NO5S/c1-3-10-4-5-11(13(16)17)8-12(10)21(19,20)15-7-6-14(2,18)9-15/h4-5,8,18H,3,6-7,9H2,1-2H3,(H,16,17). The topological polar surface area (TPSA) is 94.9 Å². The lowest BCUT2D eigenvalue weighted by atomic mass is 10.1. The van der Waals surface area contributed by atoms with Crippen molar-refractivity contribution in [2.75, 3.05) is 13.1 Å². The van der Waals surface area contributed by atoms with E-state index in [9.17, 15) is 18.3 Å². The van der Waals surface area contributed by atoms with Crippen LogP contribution >= 0.6 is 0 Å². The summed E-state index contributed by atoms with van der Waals surface area (Å²) in [6, 6.07) is 4.13. The monoisotopic (exact) mass is 313 g/mol. The molecule has 7 heteroatoms. The molecule has 0 spiro atoms. The van der Waals surface area contributed by atoms with Crippen LogP contribution in [0.25, 0.3) is 0 Å². The average molecular weight is 313 g/mol. The van der Waals surface area contributed by atoms with Crippen molar-refractivity contribution < 1.29 is 23.4 Å². The molecule has 1 atom stereocenters. The predicted octanol–water partition coefficient (Wildman–Crippen LogP) is 1.09. The summed E-state index contributed by atoms with van der Waals surface area (Å²) < 4.78 is 26.6. The Hall–Kier alpha value is -1.44. The van der Waals surface area contributed by atoms with Crippen molar-refractivity contribution in [3.05, 3.63) is 29.3 Å². The zero-order valence-electron chi connectivity index (χ0n) is 12.0. The minimum atomic E-state index is -3.80. The van der Waals surface area contributed by atoms with Gasteiger partial charge in [-0.25, -0.2) is 13.2 Å². The largest absolute Gasteiger partial charge is 0.478 e. The highest BCUT2D eigenvalue weighted by atomic mass is 32.2. The lowest BCUT2D eigenvalue weighted by Crippen LogP contribution is -2.34. The van der Waals surface area contributed by atoms with Gasteiger partial charge in [-0.1, -0.05) is 13.0 Å². The maximum absolute atomic E-state index is 12.7. The minimum Gasteiger partial charge on any atom is -0.478 e. The Balaban J connectivity index is 2.48. The molecular weight excluding hydrogens is 294 g/mol. The van der Waals surface area contributed by atoms with Crippen molar-refractivity contribution in [3.63, 3.8) is 0 Å². The Morgan fingerprint density at radius 1 is 1.43 bits per heavy atom. The van der Waals surface area contributed by atoms with Gasteiger partial charge in [-0.3, -0.25) is 0 Å². The SMILES string of the molecule is CCc1ccc(C(=O)O)cc1S(=O)(=O)N1CCC(C)(O)C1. The van der Waals surface area contributed by atoms with E-state index in [0.717, 1.165) is 0 Å². The molecular formula is C14H19NO5S. The first-order valence-corrected chi connectivity index (χ1v) is 8.20. The molecule has 0 saturated carbocycles. The number of sulfonamides is 1. The van der Waals surface area contributed by atoms with E-state index in [1.165, 1.54) is 22.5 Å². The summed E-state index contributed by atoms with van der Waals surface area (Å²) in [4.78, 5) is 11.1. The zero-order valence-corrected chi connectivity index (χ0v) is 12.9. The lowest BCUT2D eigenvalue weighted by Gasteiger charge is -2.20. The molecule has 1 unspecified atom stereocenters. The molecule has 0 bridgehead atoms. The van der Waals surface area contributed by atoms with Gasteiger partial charge in [0.15, 0.2) is 0 Å². The quantitative estimate of drug-likeness (QED) is 0.867. The molecule has 2 rings (SSSR count). The molecule has 1 aliphatic heterocycles. The van der Waals surface area contributed by atoms with Crippen molar-refractivity contribution in [3.8, 4) is 0 Å². The molecule has 2 N–H and O–H groups in total. The number of rotatable bonds is 4. The fourth-order valence-electron chi connectivity index (χ4n) is 2.47. The fraction of sp³-hybridized carbons (Fsp3) is 0.500. The number of carboxylic acid groups (broad SMARTS) is 1. The fourth-order valence-corrected chi connectivity index (χ4v) is 4.35. The van der Waals surface area contributed by atoms with Gasteiger partial charge in [0.25, 0.3) is 0 Å². The first-order valence-electron chi connectivity index (χ1n) is 6.76. The van der Waals surface area contributed by atoms with Crippen LogP contribution in [0.3, 0.4) is 0 Å². The molecule has 1 aromatic rings. The van der Waals surface area contributed by atoms with Crippen molar-refractivity contribution in [2.24, 2.45) is 0 Å². The van der Waals surface area contributed by atoms with Crippen LogP contribution in [0.15, 0.2) is 23.1 Å². The number of carbonyl (C=O) groups is 1. The third kappa shape index (κ3) is 3.09. The van der Waals surface area contributed by atoms with Crippen LogP contribution in [0, 0.1) is 0 Å². The van der Waals surface area contributed by atoms with E-state index in [1.54, 1.807) is 6.92 Å². The van der Waals surface area contributed by atoms with Gasteiger partial charge in [-0.2, -0.15) is 4.31 Å². The number of aliphatic hydroxyl groups is 1. The van der Waals surface area contributed by atoms with Crippen LogP contribution in [-0.2, 0) is 16.4 Å². The normalized spacial score (nSPS) is 23.4. The third-order valence-electron chi connectivity index (χ3n) is 3.73. The van der Waals surface area contributed by atoms with E-state index < -0.39 is 21.6 Å². The summed E-state index contributed by atoms with van der Waals surface area (Å²) in [5.41, 5.74) is -0.521. The Kier molecular flexibility index (Phi) is 4.10. The van der Waals surface area contributed by atoms with Crippen LogP contribution in [0.4, 0.5) is 0 Å². The van der Waals surface area contributed by atoms with E-state index in [0.29, 0.717) is 18.4 Å². The molecule has 0 aromatic heterocycles. The maximum atomic E-state index is 12.7. The number of benzene rings is 1. The summed E-state index contributed by atoms with van der Waals surface area (Å²) >= 11 is 0. The first-order chi connectivity index (χ1) is 9.67. The predicted molar refractivity (Wildman–Crippen MR) is 76.8 cm³/mol. The smallest absolute Gasteiger partial charge is 0.335 e. The number of hydrogen-bond donors (Lipinski definition) is 2. The van der Waals surface area contributed by atoms with Crippen LogP contribution in [0.5, 0.6) is 0 Å². The summed E-state index contributed by atoms with van der Waals surface area (Å²) in [5, 5.41) is 19.0. The number of carboxylic acids is 1. The zero-order chi connectivity index (χ0) is 15.8. The molecule has 0 amide bonds. The second-order valence-electron chi connectivity index (χ2n) is 5.57. The van der Waals surface area contributed by atoms with Crippen molar-refractivity contribution in [1.29, 1.82) is 0 Å². The lowest BCUT2D eigenvalue weighted by molar-refractivity contribution is 0.0695. The van der Waals surface area contributed by atoms with E-state index in [-0.39, 0.29) is 23.5 Å². The Morgan fingerprint density at radius 2 is 2.10 bits per heavy atom. The summed E-state index contributed by atoms with van der Waals surface area (Å²) in [5.74, 6) is -1.16.